The molecule has 0 fully saturated rings. The van der Waals surface area contributed by atoms with Gasteiger partial charge in [0, 0.05) is 35.7 Å². The van der Waals surface area contributed by atoms with Gasteiger partial charge in [0.2, 0.25) is 0 Å². The van der Waals surface area contributed by atoms with Crippen LogP contribution in [0.15, 0.2) is 23.2 Å². The van der Waals surface area contributed by atoms with Gasteiger partial charge in [-0.3, -0.25) is 4.99 Å². The highest BCUT2D eigenvalue weighted by atomic mass is 35.5. The molecular formula is C14H21Cl2N3O. The smallest absolute Gasteiger partial charge is 0.188 e. The minimum atomic E-state index is 0.0919. The molecule has 1 aromatic carbocycles. The van der Waals surface area contributed by atoms with Crippen molar-refractivity contribution in [3.63, 3.8) is 0 Å². The van der Waals surface area contributed by atoms with E-state index in [4.69, 9.17) is 33.7 Å². The lowest BCUT2D eigenvalue weighted by Crippen LogP contribution is -2.40. The molecule has 112 valence electrons. The normalized spacial score (nSPS) is 14.9. The second-order valence-corrected chi connectivity index (χ2v) is 5.58. The lowest BCUT2D eigenvalue weighted by Gasteiger charge is -2.16. The van der Waals surface area contributed by atoms with E-state index in [-0.39, 0.29) is 12.0 Å². The van der Waals surface area contributed by atoms with Crippen LogP contribution >= 0.6 is 23.2 Å². The number of benzene rings is 1. The molecule has 20 heavy (non-hydrogen) atoms. The van der Waals surface area contributed by atoms with Gasteiger partial charge in [-0.25, -0.2) is 0 Å². The molecule has 1 aromatic rings. The number of aliphatic imine (C=N–C) groups is 1. The number of nitrogens with two attached hydrogens (primary N) is 1. The quantitative estimate of drug-likeness (QED) is 0.626. The van der Waals surface area contributed by atoms with Crippen molar-refractivity contribution in [3.05, 3.63) is 33.8 Å². The molecule has 0 aromatic heterocycles. The SMILES string of the molecule is COCC(C)NC(N)=NCC(C)c1c(Cl)cccc1Cl. The summed E-state index contributed by atoms with van der Waals surface area (Å²) in [7, 11) is 1.65. The zero-order valence-electron chi connectivity index (χ0n) is 12.0. The predicted octanol–water partition coefficient (Wildman–Crippen LogP) is 3.04. The fourth-order valence-electron chi connectivity index (χ4n) is 1.90. The van der Waals surface area contributed by atoms with Crippen molar-refractivity contribution in [1.29, 1.82) is 0 Å². The molecule has 6 heteroatoms. The first-order valence-corrected chi connectivity index (χ1v) is 7.20. The summed E-state index contributed by atoms with van der Waals surface area (Å²) in [6.45, 7) is 5.08. The third-order valence-electron chi connectivity index (χ3n) is 2.84. The molecule has 2 unspecified atom stereocenters. The zero-order chi connectivity index (χ0) is 15.1. The maximum absolute atomic E-state index is 6.17. The van der Waals surface area contributed by atoms with E-state index >= 15 is 0 Å². The van der Waals surface area contributed by atoms with E-state index in [0.29, 0.717) is 29.2 Å². The van der Waals surface area contributed by atoms with Gasteiger partial charge in [-0.15, -0.1) is 0 Å². The number of ether oxygens (including phenoxy) is 1. The Morgan fingerprint density at radius 1 is 1.35 bits per heavy atom. The summed E-state index contributed by atoms with van der Waals surface area (Å²) in [5.74, 6) is 0.485. The van der Waals surface area contributed by atoms with Crippen LogP contribution in [0.5, 0.6) is 0 Å². The lowest BCUT2D eigenvalue weighted by atomic mass is 10.0. The minimum Gasteiger partial charge on any atom is -0.383 e. The van der Waals surface area contributed by atoms with Crippen LogP contribution in [-0.2, 0) is 4.74 Å². The van der Waals surface area contributed by atoms with E-state index in [0.717, 1.165) is 5.56 Å². The topological polar surface area (TPSA) is 59.6 Å². The van der Waals surface area contributed by atoms with Crippen LogP contribution in [0.2, 0.25) is 10.0 Å². The van der Waals surface area contributed by atoms with Crippen LogP contribution in [0, 0.1) is 0 Å². The number of hydrogen-bond acceptors (Lipinski definition) is 2. The molecular weight excluding hydrogens is 297 g/mol. The highest BCUT2D eigenvalue weighted by Crippen LogP contribution is 2.31. The molecule has 0 bridgehead atoms. The van der Waals surface area contributed by atoms with E-state index in [9.17, 15) is 0 Å². The van der Waals surface area contributed by atoms with Crippen molar-refractivity contribution in [3.8, 4) is 0 Å². The van der Waals surface area contributed by atoms with Gasteiger partial charge in [-0.05, 0) is 24.6 Å². The van der Waals surface area contributed by atoms with E-state index in [1.165, 1.54) is 0 Å². The number of hydrogen-bond donors (Lipinski definition) is 2. The second kappa shape index (κ2) is 8.35. The zero-order valence-corrected chi connectivity index (χ0v) is 13.5. The Bertz CT molecular complexity index is 445. The molecule has 0 aliphatic rings. The Morgan fingerprint density at radius 3 is 2.50 bits per heavy atom. The first kappa shape index (κ1) is 17.1. The molecule has 0 aliphatic heterocycles. The molecule has 0 radical (unpaired) electrons. The minimum absolute atomic E-state index is 0.0919. The van der Waals surface area contributed by atoms with Gasteiger partial charge in [-0.2, -0.15) is 0 Å². The summed E-state index contributed by atoms with van der Waals surface area (Å²) >= 11 is 12.3. The largest absolute Gasteiger partial charge is 0.383 e. The number of nitrogens with zero attached hydrogens (tertiary/aromatic N) is 1. The number of halogens is 2. The van der Waals surface area contributed by atoms with Crippen molar-refractivity contribution in [1.82, 2.24) is 5.32 Å². The van der Waals surface area contributed by atoms with E-state index in [1.54, 1.807) is 7.11 Å². The van der Waals surface area contributed by atoms with Crippen molar-refractivity contribution in [2.75, 3.05) is 20.3 Å². The van der Waals surface area contributed by atoms with Crippen LogP contribution in [0.3, 0.4) is 0 Å². The Labute approximate surface area is 130 Å². The van der Waals surface area contributed by atoms with E-state index < -0.39 is 0 Å². The molecule has 3 N–H and O–H groups in total. The average molecular weight is 318 g/mol. The standard InChI is InChI=1S/C14H21Cl2N3O/c1-9(13-11(15)5-4-6-12(13)16)7-18-14(17)19-10(2)8-20-3/h4-6,9-10H,7-8H2,1-3H3,(H3,17,18,19). The van der Waals surface area contributed by atoms with Gasteiger partial charge >= 0.3 is 0 Å². The molecule has 0 heterocycles. The van der Waals surface area contributed by atoms with E-state index in [2.05, 4.69) is 10.3 Å². The summed E-state index contributed by atoms with van der Waals surface area (Å²) in [5.41, 5.74) is 6.73. The molecule has 0 saturated heterocycles. The highest BCUT2D eigenvalue weighted by molar-refractivity contribution is 6.36. The van der Waals surface area contributed by atoms with Crippen molar-refractivity contribution in [2.45, 2.75) is 25.8 Å². The Kier molecular flexibility index (Phi) is 7.13. The van der Waals surface area contributed by atoms with Gasteiger partial charge in [0.25, 0.3) is 0 Å². The van der Waals surface area contributed by atoms with Gasteiger partial charge < -0.3 is 15.8 Å². The number of nitrogens with one attached hydrogen (secondary N) is 1. The summed E-state index contributed by atoms with van der Waals surface area (Å²) in [6.07, 6.45) is 0. The fraction of sp³-hybridized carbons (Fsp3) is 0.500. The fourth-order valence-corrected chi connectivity index (χ4v) is 2.67. The first-order valence-electron chi connectivity index (χ1n) is 6.45. The third-order valence-corrected chi connectivity index (χ3v) is 3.50. The number of guanidine groups is 1. The number of rotatable bonds is 6. The van der Waals surface area contributed by atoms with Crippen LogP contribution in [0.25, 0.3) is 0 Å². The molecule has 0 spiro atoms. The van der Waals surface area contributed by atoms with Crippen molar-refractivity contribution in [2.24, 2.45) is 10.7 Å². The Morgan fingerprint density at radius 2 is 1.95 bits per heavy atom. The van der Waals surface area contributed by atoms with Crippen LogP contribution < -0.4 is 11.1 Å². The maximum atomic E-state index is 6.17. The van der Waals surface area contributed by atoms with Gasteiger partial charge in [0.15, 0.2) is 5.96 Å². The highest BCUT2D eigenvalue weighted by Gasteiger charge is 2.13. The van der Waals surface area contributed by atoms with Crippen LogP contribution in [-0.4, -0.2) is 32.3 Å². The Hall–Kier alpha value is -0.970. The van der Waals surface area contributed by atoms with E-state index in [1.807, 2.05) is 32.0 Å². The summed E-state index contributed by atoms with van der Waals surface area (Å²) in [5, 5.41) is 4.36. The first-order chi connectivity index (χ1) is 9.45. The predicted molar refractivity (Wildman–Crippen MR) is 85.8 cm³/mol. The van der Waals surface area contributed by atoms with Gasteiger partial charge in [0.1, 0.15) is 0 Å². The van der Waals surface area contributed by atoms with Crippen LogP contribution in [0.1, 0.15) is 25.3 Å². The third kappa shape index (κ3) is 5.19. The van der Waals surface area contributed by atoms with Crippen molar-refractivity contribution >= 4 is 29.2 Å². The number of methoxy groups -OCH3 is 1. The average Bonchev–Trinajstić information content (AvgIpc) is 2.36. The second-order valence-electron chi connectivity index (χ2n) is 4.76. The molecule has 0 amide bonds. The molecule has 1 rings (SSSR count). The summed E-state index contributed by atoms with van der Waals surface area (Å²) in [4.78, 5) is 4.32. The maximum Gasteiger partial charge on any atom is 0.188 e. The Balaban J connectivity index is 2.64. The van der Waals surface area contributed by atoms with Gasteiger partial charge in [0.05, 0.1) is 6.61 Å². The molecule has 2 atom stereocenters. The monoisotopic (exact) mass is 317 g/mol. The van der Waals surface area contributed by atoms with Crippen molar-refractivity contribution < 1.29 is 4.74 Å². The molecule has 0 saturated carbocycles. The molecule has 4 nitrogen and oxygen atoms in total. The molecule has 0 aliphatic carbocycles. The van der Waals surface area contributed by atoms with Crippen LogP contribution in [0.4, 0.5) is 0 Å². The summed E-state index contributed by atoms with van der Waals surface area (Å²) < 4.78 is 5.02. The van der Waals surface area contributed by atoms with Gasteiger partial charge in [-0.1, -0.05) is 36.2 Å². The lowest BCUT2D eigenvalue weighted by molar-refractivity contribution is 0.179. The summed E-state index contributed by atoms with van der Waals surface area (Å²) in [6, 6.07) is 5.59.